The van der Waals surface area contributed by atoms with Crippen molar-refractivity contribution in [3.63, 3.8) is 0 Å². The molecule has 2 N–H and O–H groups in total. The molecule has 0 unspecified atom stereocenters. The van der Waals surface area contributed by atoms with Gasteiger partial charge in [0.05, 0.1) is 26.4 Å². The second kappa shape index (κ2) is 14.3. The summed E-state index contributed by atoms with van der Waals surface area (Å²) in [5.41, 5.74) is 7.54. The molecule has 3 aromatic rings. The molecule has 0 bridgehead atoms. The van der Waals surface area contributed by atoms with Crippen LogP contribution < -0.4 is 10.9 Å². The van der Waals surface area contributed by atoms with Gasteiger partial charge in [-0.05, 0) is 76.9 Å². The fourth-order valence-electron chi connectivity index (χ4n) is 7.07. The average molecular weight is 617 g/mol. The maximum Gasteiger partial charge on any atom is 0.494 e. The van der Waals surface area contributed by atoms with Crippen LogP contribution in [0.15, 0.2) is 36.4 Å². The van der Waals surface area contributed by atoms with E-state index >= 15 is 0 Å². The summed E-state index contributed by atoms with van der Waals surface area (Å²) in [4.78, 5) is 10.5. The molecule has 0 spiro atoms. The van der Waals surface area contributed by atoms with Crippen LogP contribution in [-0.4, -0.2) is 55.6 Å². The summed E-state index contributed by atoms with van der Waals surface area (Å²) < 4.78 is 24.8. The lowest BCUT2D eigenvalue weighted by Crippen LogP contribution is -2.35. The summed E-state index contributed by atoms with van der Waals surface area (Å²) in [7, 11) is -0.596. The van der Waals surface area contributed by atoms with E-state index < -0.39 is 0 Å². The number of aromatic amines is 2. The number of hydrogen-bond acceptors (Lipinski definition) is 7. The number of aromatic nitrogens is 3. The fraction of sp³-hybridized carbons (Fsp3) is 0.531. The molecule has 0 radical (unpaired) electrons. The van der Waals surface area contributed by atoms with Gasteiger partial charge in [-0.2, -0.15) is 0 Å². The van der Waals surface area contributed by atoms with E-state index in [1.54, 1.807) is 0 Å². The van der Waals surface area contributed by atoms with E-state index in [9.17, 15) is 0 Å². The van der Waals surface area contributed by atoms with E-state index in [0.717, 1.165) is 48.9 Å². The molecule has 0 atom stereocenters. The third-order valence-corrected chi connectivity index (χ3v) is 9.53. The Labute approximate surface area is 265 Å². The second-order valence-electron chi connectivity index (χ2n) is 12.0. The van der Waals surface area contributed by atoms with Gasteiger partial charge in [0.2, 0.25) is 4.77 Å². The summed E-state index contributed by atoms with van der Waals surface area (Å²) in [6.07, 6.45) is 12.6. The van der Waals surface area contributed by atoms with Crippen molar-refractivity contribution in [2.24, 2.45) is 0 Å². The van der Waals surface area contributed by atoms with Crippen molar-refractivity contribution in [1.82, 2.24) is 15.0 Å². The van der Waals surface area contributed by atoms with Crippen molar-refractivity contribution in [3.05, 3.63) is 62.9 Å². The first-order valence-corrected chi connectivity index (χ1v) is 16.8. The van der Waals surface area contributed by atoms with Crippen molar-refractivity contribution < 1.29 is 18.6 Å². The second-order valence-corrected chi connectivity index (χ2v) is 12.8. The highest BCUT2D eigenvalue weighted by molar-refractivity contribution is 7.71. The first kappa shape index (κ1) is 30.9. The first-order valence-electron chi connectivity index (χ1n) is 16.0. The van der Waals surface area contributed by atoms with E-state index in [2.05, 4.69) is 58.3 Å². The smallest absolute Gasteiger partial charge is 0.405 e. The standard InChI is InChI=1S/C32H41B2N3O4S2/c1-2-3-4-5-6-8-15-32(16-9-7-10-29-35-30(42)37-31(43)36-29)27-21-23(33-38-17-18-39-33)11-13-25(27)26-14-12-24(22-28(26)32)34-40-19-20-41-34/h11-14,21-22H,2-10,15-20H2,1H3,(H2,35,36,37,42,43). The molecule has 1 aromatic heterocycles. The van der Waals surface area contributed by atoms with E-state index in [1.165, 1.54) is 60.8 Å². The van der Waals surface area contributed by atoms with Crippen LogP contribution >= 0.6 is 24.4 Å². The Morgan fingerprint density at radius 3 is 1.81 bits per heavy atom. The lowest BCUT2D eigenvalue weighted by molar-refractivity contribution is 0.365. The Kier molecular flexibility index (Phi) is 10.3. The lowest BCUT2D eigenvalue weighted by Gasteiger charge is -2.33. The van der Waals surface area contributed by atoms with Crippen LogP contribution in [0.4, 0.5) is 0 Å². The van der Waals surface area contributed by atoms with E-state index in [4.69, 9.17) is 43.1 Å². The van der Waals surface area contributed by atoms with Crippen LogP contribution in [0.25, 0.3) is 11.1 Å². The summed E-state index contributed by atoms with van der Waals surface area (Å²) in [5.74, 6) is 0.849. The van der Waals surface area contributed by atoms with E-state index in [0.29, 0.717) is 36.0 Å². The van der Waals surface area contributed by atoms with Crippen LogP contribution in [0.2, 0.25) is 0 Å². The molecule has 0 amide bonds. The molecular formula is C32H41B2N3O4S2. The van der Waals surface area contributed by atoms with Crippen molar-refractivity contribution in [2.45, 2.75) is 83.0 Å². The molecule has 7 nitrogen and oxygen atoms in total. The predicted molar refractivity (Wildman–Crippen MR) is 177 cm³/mol. The number of aryl methyl sites for hydroxylation is 1. The maximum atomic E-state index is 5.95. The summed E-state index contributed by atoms with van der Waals surface area (Å²) in [5, 5.41) is 0. The lowest BCUT2D eigenvalue weighted by atomic mass is 9.67. The van der Waals surface area contributed by atoms with Crippen LogP contribution in [0, 0.1) is 9.54 Å². The Morgan fingerprint density at radius 1 is 0.721 bits per heavy atom. The number of benzene rings is 2. The number of fused-ring (bicyclic) bond motifs is 3. The molecule has 1 aliphatic carbocycles. The molecule has 11 heteroatoms. The van der Waals surface area contributed by atoms with Gasteiger partial charge in [0.25, 0.3) is 0 Å². The van der Waals surface area contributed by atoms with Crippen LogP contribution in [0.1, 0.15) is 88.1 Å². The number of nitrogens with zero attached hydrogens (tertiary/aromatic N) is 1. The van der Waals surface area contributed by atoms with Gasteiger partial charge in [-0.3, -0.25) is 0 Å². The van der Waals surface area contributed by atoms with Gasteiger partial charge in [-0.25, -0.2) is 4.98 Å². The van der Waals surface area contributed by atoms with Gasteiger partial charge in [0, 0.05) is 11.8 Å². The minimum Gasteiger partial charge on any atom is -0.405 e. The molecule has 3 aliphatic rings. The molecule has 2 fully saturated rings. The molecule has 226 valence electrons. The number of unbranched alkanes of at least 4 members (excludes halogenated alkanes) is 6. The van der Waals surface area contributed by atoms with Gasteiger partial charge in [0.15, 0.2) is 4.77 Å². The Bertz CT molecular complexity index is 1430. The molecule has 0 saturated carbocycles. The van der Waals surface area contributed by atoms with Crippen molar-refractivity contribution in [1.29, 1.82) is 0 Å². The highest BCUT2D eigenvalue weighted by Gasteiger charge is 2.44. The number of H-pyrrole nitrogens is 2. The quantitative estimate of drug-likeness (QED) is 0.128. The van der Waals surface area contributed by atoms with Crippen molar-refractivity contribution in [2.75, 3.05) is 26.4 Å². The van der Waals surface area contributed by atoms with Gasteiger partial charge >= 0.3 is 14.2 Å². The van der Waals surface area contributed by atoms with Gasteiger partial charge in [-0.1, -0.05) is 88.3 Å². The zero-order valence-electron chi connectivity index (χ0n) is 25.1. The monoisotopic (exact) mass is 617 g/mol. The van der Waals surface area contributed by atoms with Gasteiger partial charge in [-0.15, -0.1) is 0 Å². The summed E-state index contributed by atoms with van der Waals surface area (Å²) in [6, 6.07) is 13.7. The number of hydrogen-bond donors (Lipinski definition) is 2. The summed E-state index contributed by atoms with van der Waals surface area (Å²) >= 11 is 10.6. The molecule has 6 rings (SSSR count). The van der Waals surface area contributed by atoms with Crippen molar-refractivity contribution in [3.8, 4) is 11.1 Å². The zero-order valence-corrected chi connectivity index (χ0v) is 26.8. The Morgan fingerprint density at radius 2 is 1.26 bits per heavy atom. The summed E-state index contributed by atoms with van der Waals surface area (Å²) in [6.45, 7) is 4.82. The van der Waals surface area contributed by atoms with Crippen LogP contribution in [0.3, 0.4) is 0 Å². The van der Waals surface area contributed by atoms with Crippen LogP contribution in [-0.2, 0) is 30.5 Å². The largest absolute Gasteiger partial charge is 0.494 e. The third kappa shape index (κ3) is 6.92. The highest BCUT2D eigenvalue weighted by Crippen LogP contribution is 2.53. The third-order valence-electron chi connectivity index (χ3n) is 9.14. The minimum absolute atomic E-state index is 0.118. The molecule has 3 heterocycles. The topological polar surface area (TPSA) is 81.4 Å². The van der Waals surface area contributed by atoms with E-state index in [-0.39, 0.29) is 19.7 Å². The number of nitrogens with one attached hydrogen (secondary N) is 2. The molecule has 2 aromatic carbocycles. The Hall–Kier alpha value is -2.14. The average Bonchev–Trinajstić information content (AvgIpc) is 3.78. The van der Waals surface area contributed by atoms with Gasteiger partial charge < -0.3 is 28.6 Å². The van der Waals surface area contributed by atoms with E-state index in [1.807, 2.05) is 0 Å². The molecule has 2 saturated heterocycles. The fourth-order valence-corrected chi connectivity index (χ4v) is 7.56. The van der Waals surface area contributed by atoms with Crippen LogP contribution in [0.5, 0.6) is 0 Å². The van der Waals surface area contributed by atoms with Gasteiger partial charge in [0.1, 0.15) is 5.82 Å². The molecular weight excluding hydrogens is 576 g/mol. The number of rotatable bonds is 14. The maximum absolute atomic E-state index is 5.95. The predicted octanol–water partition coefficient (Wildman–Crippen LogP) is 6.11. The first-order chi connectivity index (χ1) is 21.1. The SMILES string of the molecule is CCCCCCCCC1(CCCCc2nc(=S)[nH]c(=S)[nH]2)c2cc(B3OCCO3)ccc2-c2ccc(B3OCCO3)cc21. The zero-order chi connectivity index (χ0) is 29.6. The molecule has 2 aliphatic heterocycles. The van der Waals surface area contributed by atoms with Crippen molar-refractivity contribution >= 4 is 49.6 Å². The Balaban J connectivity index is 1.34. The minimum atomic E-state index is -0.298. The highest BCUT2D eigenvalue weighted by atomic mass is 32.1. The molecule has 43 heavy (non-hydrogen) atoms. The normalized spacial score (nSPS) is 17.0.